The van der Waals surface area contributed by atoms with Crippen molar-refractivity contribution in [2.24, 2.45) is 11.1 Å². The molecular weight excluding hydrogens is 234 g/mol. The lowest BCUT2D eigenvalue weighted by Gasteiger charge is -2.39. The second-order valence-corrected chi connectivity index (χ2v) is 6.74. The summed E-state index contributed by atoms with van der Waals surface area (Å²) in [6.45, 7) is 6.72. The minimum Gasteiger partial charge on any atom is -0.370 e. The lowest BCUT2D eigenvalue weighted by molar-refractivity contribution is 0.222. The largest absolute Gasteiger partial charge is 0.370 e. The van der Waals surface area contributed by atoms with Gasteiger partial charge in [-0.05, 0) is 50.2 Å². The molecular formula is C16H27N3. The van der Waals surface area contributed by atoms with Crippen molar-refractivity contribution in [3.05, 3.63) is 24.0 Å². The number of rotatable bonds is 3. The summed E-state index contributed by atoms with van der Waals surface area (Å²) in [6.07, 6.45) is 7.14. The normalized spacial score (nSPS) is 21.1. The Labute approximate surface area is 117 Å². The average molecular weight is 261 g/mol. The third kappa shape index (κ3) is 3.47. The van der Waals surface area contributed by atoms with Crippen molar-refractivity contribution >= 4 is 5.69 Å². The third-order valence-electron chi connectivity index (χ3n) is 4.50. The molecule has 2 rings (SSSR count). The number of hydrogen-bond donors (Lipinski definition) is 1. The van der Waals surface area contributed by atoms with Crippen LogP contribution in [0.1, 0.15) is 58.2 Å². The lowest BCUT2D eigenvalue weighted by Crippen LogP contribution is -2.37. The summed E-state index contributed by atoms with van der Waals surface area (Å²) >= 11 is 0. The maximum absolute atomic E-state index is 5.84. The molecule has 1 atom stereocenters. The summed E-state index contributed by atoms with van der Waals surface area (Å²) in [5.74, 6) is 0. The Morgan fingerprint density at radius 2 is 1.95 bits per heavy atom. The van der Waals surface area contributed by atoms with E-state index in [1.54, 1.807) is 0 Å². The van der Waals surface area contributed by atoms with Crippen LogP contribution >= 0.6 is 0 Å². The fourth-order valence-corrected chi connectivity index (χ4v) is 2.86. The molecule has 1 aliphatic carbocycles. The average Bonchev–Trinajstić information content (AvgIpc) is 2.38. The van der Waals surface area contributed by atoms with Gasteiger partial charge in [-0.15, -0.1) is 0 Å². The molecule has 1 aromatic rings. The van der Waals surface area contributed by atoms with Gasteiger partial charge in [-0.3, -0.25) is 4.98 Å². The molecule has 1 saturated carbocycles. The van der Waals surface area contributed by atoms with Crippen molar-refractivity contribution in [1.82, 2.24) is 4.98 Å². The molecule has 0 aliphatic heterocycles. The van der Waals surface area contributed by atoms with Crippen molar-refractivity contribution in [2.75, 3.05) is 11.9 Å². The van der Waals surface area contributed by atoms with E-state index >= 15 is 0 Å². The van der Waals surface area contributed by atoms with Crippen molar-refractivity contribution in [1.29, 1.82) is 0 Å². The van der Waals surface area contributed by atoms with Crippen LogP contribution < -0.4 is 10.6 Å². The minimum atomic E-state index is 0.00911. The second-order valence-electron chi connectivity index (χ2n) is 6.74. The van der Waals surface area contributed by atoms with Crippen LogP contribution in [0.25, 0.3) is 0 Å². The van der Waals surface area contributed by atoms with Crippen LogP contribution in [0.2, 0.25) is 0 Å². The first-order valence-electron chi connectivity index (χ1n) is 7.33. The van der Waals surface area contributed by atoms with E-state index in [1.807, 2.05) is 19.2 Å². The molecule has 0 bridgehead atoms. The number of nitrogens with two attached hydrogens (primary N) is 1. The molecule has 1 aliphatic rings. The van der Waals surface area contributed by atoms with E-state index in [1.165, 1.54) is 31.4 Å². The van der Waals surface area contributed by atoms with Gasteiger partial charge in [0.1, 0.15) is 0 Å². The predicted octanol–water partition coefficient (Wildman–Crippen LogP) is 3.51. The Balaban J connectivity index is 2.02. The zero-order chi connectivity index (χ0) is 14.0. The van der Waals surface area contributed by atoms with Gasteiger partial charge in [0.05, 0.1) is 17.6 Å². The number of anilines is 1. The minimum absolute atomic E-state index is 0.00911. The molecule has 1 heterocycles. The quantitative estimate of drug-likeness (QED) is 0.905. The molecule has 0 spiro atoms. The first-order chi connectivity index (χ1) is 8.89. The highest BCUT2D eigenvalue weighted by atomic mass is 15.1. The number of aromatic nitrogens is 1. The van der Waals surface area contributed by atoms with Crippen LogP contribution in [0.4, 0.5) is 5.69 Å². The summed E-state index contributed by atoms with van der Waals surface area (Å²) < 4.78 is 0. The molecule has 19 heavy (non-hydrogen) atoms. The molecule has 0 aromatic carbocycles. The highest BCUT2D eigenvalue weighted by molar-refractivity contribution is 5.45. The SMILES string of the molecule is C[C@H](N)c1ccc(N(C)C2CCC(C)(C)CC2)cn1. The first kappa shape index (κ1) is 14.3. The number of pyridine rings is 1. The van der Waals surface area contributed by atoms with Crippen LogP contribution in [0.5, 0.6) is 0 Å². The fraction of sp³-hybridized carbons (Fsp3) is 0.688. The zero-order valence-corrected chi connectivity index (χ0v) is 12.7. The van der Waals surface area contributed by atoms with E-state index in [0.717, 1.165) is 5.69 Å². The van der Waals surface area contributed by atoms with Crippen LogP contribution in [0.15, 0.2) is 18.3 Å². The zero-order valence-electron chi connectivity index (χ0n) is 12.7. The molecule has 0 radical (unpaired) electrons. The van der Waals surface area contributed by atoms with E-state index in [-0.39, 0.29) is 6.04 Å². The molecule has 3 nitrogen and oxygen atoms in total. The van der Waals surface area contributed by atoms with Crippen molar-refractivity contribution in [3.8, 4) is 0 Å². The molecule has 0 saturated heterocycles. The summed E-state index contributed by atoms with van der Waals surface area (Å²) in [7, 11) is 2.19. The Morgan fingerprint density at radius 3 is 2.42 bits per heavy atom. The first-order valence-corrected chi connectivity index (χ1v) is 7.33. The van der Waals surface area contributed by atoms with E-state index in [0.29, 0.717) is 11.5 Å². The predicted molar refractivity (Wildman–Crippen MR) is 81.3 cm³/mol. The van der Waals surface area contributed by atoms with Gasteiger partial charge in [0.15, 0.2) is 0 Å². The smallest absolute Gasteiger partial charge is 0.0569 e. The lowest BCUT2D eigenvalue weighted by atomic mass is 9.75. The van der Waals surface area contributed by atoms with Crippen LogP contribution in [-0.2, 0) is 0 Å². The standard InChI is InChI=1S/C16H27N3/c1-12(17)15-6-5-14(11-18-15)19(4)13-7-9-16(2,3)10-8-13/h5-6,11-13H,7-10,17H2,1-4H3/t12-/m0/s1. The summed E-state index contributed by atoms with van der Waals surface area (Å²) in [5.41, 5.74) is 8.52. The summed E-state index contributed by atoms with van der Waals surface area (Å²) in [6, 6.07) is 4.85. The van der Waals surface area contributed by atoms with E-state index < -0.39 is 0 Å². The molecule has 1 fully saturated rings. The van der Waals surface area contributed by atoms with E-state index in [2.05, 4.69) is 36.8 Å². The molecule has 3 heteroatoms. The molecule has 0 amide bonds. The van der Waals surface area contributed by atoms with Gasteiger partial charge < -0.3 is 10.6 Å². The van der Waals surface area contributed by atoms with Gasteiger partial charge in [-0.25, -0.2) is 0 Å². The van der Waals surface area contributed by atoms with Crippen LogP contribution in [-0.4, -0.2) is 18.1 Å². The summed E-state index contributed by atoms with van der Waals surface area (Å²) in [5, 5.41) is 0. The van der Waals surface area contributed by atoms with Gasteiger partial charge >= 0.3 is 0 Å². The van der Waals surface area contributed by atoms with E-state index in [9.17, 15) is 0 Å². The fourth-order valence-electron chi connectivity index (χ4n) is 2.86. The van der Waals surface area contributed by atoms with Crippen molar-refractivity contribution in [3.63, 3.8) is 0 Å². The van der Waals surface area contributed by atoms with Gasteiger partial charge in [0, 0.05) is 19.1 Å². The highest BCUT2D eigenvalue weighted by Gasteiger charge is 2.28. The van der Waals surface area contributed by atoms with Gasteiger partial charge in [0.2, 0.25) is 0 Å². The van der Waals surface area contributed by atoms with Gasteiger partial charge in [0.25, 0.3) is 0 Å². The third-order valence-corrected chi connectivity index (χ3v) is 4.50. The maximum Gasteiger partial charge on any atom is 0.0569 e. The molecule has 0 unspecified atom stereocenters. The Bertz CT molecular complexity index is 399. The Morgan fingerprint density at radius 1 is 1.32 bits per heavy atom. The number of hydrogen-bond acceptors (Lipinski definition) is 3. The maximum atomic E-state index is 5.84. The van der Waals surface area contributed by atoms with Gasteiger partial charge in [-0.1, -0.05) is 13.8 Å². The molecule has 1 aromatic heterocycles. The molecule has 106 valence electrons. The summed E-state index contributed by atoms with van der Waals surface area (Å²) in [4.78, 5) is 6.84. The monoisotopic (exact) mass is 261 g/mol. The highest BCUT2D eigenvalue weighted by Crippen LogP contribution is 2.37. The van der Waals surface area contributed by atoms with E-state index in [4.69, 9.17) is 5.73 Å². The van der Waals surface area contributed by atoms with Crippen molar-refractivity contribution < 1.29 is 0 Å². The van der Waals surface area contributed by atoms with Gasteiger partial charge in [-0.2, -0.15) is 0 Å². The van der Waals surface area contributed by atoms with Crippen molar-refractivity contribution in [2.45, 2.75) is 58.5 Å². The number of nitrogens with zero attached hydrogens (tertiary/aromatic N) is 2. The second kappa shape index (κ2) is 5.49. The Hall–Kier alpha value is -1.09. The Kier molecular flexibility index (Phi) is 4.14. The molecule has 2 N–H and O–H groups in total. The van der Waals surface area contributed by atoms with Crippen LogP contribution in [0.3, 0.4) is 0 Å². The topological polar surface area (TPSA) is 42.1 Å². The van der Waals surface area contributed by atoms with Crippen LogP contribution in [0, 0.1) is 5.41 Å².